The number of carbonyl (C=O) groups excluding carboxylic acids is 2. The summed E-state index contributed by atoms with van der Waals surface area (Å²) in [6, 6.07) is 25.9. The molecule has 1 fully saturated rings. The van der Waals surface area contributed by atoms with Gasteiger partial charge in [0, 0.05) is 18.2 Å². The van der Waals surface area contributed by atoms with E-state index in [9.17, 15) is 9.59 Å². The van der Waals surface area contributed by atoms with E-state index in [1.54, 1.807) is 0 Å². The third-order valence-corrected chi connectivity index (χ3v) is 7.17. The van der Waals surface area contributed by atoms with Crippen LogP contribution in [-0.2, 0) is 20.7 Å². The van der Waals surface area contributed by atoms with Gasteiger partial charge in [-0.3, -0.25) is 4.79 Å². The Hall–Kier alpha value is -4.61. The summed E-state index contributed by atoms with van der Waals surface area (Å²) < 4.78 is 10.9. The molecule has 0 unspecified atom stereocenters. The van der Waals surface area contributed by atoms with E-state index in [2.05, 4.69) is 36.6 Å². The zero-order valence-corrected chi connectivity index (χ0v) is 22.7. The van der Waals surface area contributed by atoms with Crippen LogP contribution in [0.25, 0.3) is 0 Å². The Kier molecular flexibility index (Phi) is 9.30. The number of hydrogen-bond donors (Lipinski definition) is 4. The lowest BCUT2D eigenvalue weighted by Crippen LogP contribution is -2.48. The van der Waals surface area contributed by atoms with E-state index in [1.165, 1.54) is 7.11 Å². The third-order valence-electron chi connectivity index (χ3n) is 7.17. The van der Waals surface area contributed by atoms with Crippen molar-refractivity contribution in [1.29, 1.82) is 0 Å². The van der Waals surface area contributed by atoms with Gasteiger partial charge in [-0.1, -0.05) is 84.1 Å². The third kappa shape index (κ3) is 7.13. The Labute approximate surface area is 238 Å². The number of para-hydroxylation sites is 1. The van der Waals surface area contributed by atoms with Gasteiger partial charge in [0.1, 0.15) is 6.04 Å². The Morgan fingerprint density at radius 2 is 1.68 bits per heavy atom. The summed E-state index contributed by atoms with van der Waals surface area (Å²) in [6.07, 6.45) is 0.748. The smallest absolute Gasteiger partial charge is 0.407 e. The molecule has 3 atom stereocenters. The van der Waals surface area contributed by atoms with Crippen LogP contribution in [0.3, 0.4) is 0 Å². The van der Waals surface area contributed by atoms with Crippen molar-refractivity contribution >= 4 is 17.7 Å². The Morgan fingerprint density at radius 1 is 1.00 bits per heavy atom. The van der Waals surface area contributed by atoms with Gasteiger partial charge >= 0.3 is 6.09 Å². The molecule has 5 rings (SSSR count). The molecule has 1 saturated heterocycles. The molecule has 4 N–H and O–H groups in total. The standard InChI is InChI=1S/C30H33N7O4/c1-40-30(39)33-27(26(21-11-4-2-5-12-21)22-13-6-3-7-14-22)29(38)32-24-15-9-8-10-20(24)16-17-23-18-31-25(19-41-23)28-34-36-37-35-28/h2-15,23,25-27,31H,16-19H2,1H3,(H,32,38)(H,33,39)(H,34,35,36,37)/t23-,25+,27+/m1/s1. The number of morpholine rings is 1. The van der Waals surface area contributed by atoms with E-state index in [-0.39, 0.29) is 18.1 Å². The molecule has 1 aliphatic heterocycles. The van der Waals surface area contributed by atoms with Crippen LogP contribution in [0.5, 0.6) is 0 Å². The predicted molar refractivity (Wildman–Crippen MR) is 152 cm³/mol. The van der Waals surface area contributed by atoms with Gasteiger partial charge in [0.2, 0.25) is 5.91 Å². The van der Waals surface area contributed by atoms with Crippen LogP contribution in [0.4, 0.5) is 10.5 Å². The molecule has 1 aromatic heterocycles. The number of rotatable bonds is 10. The van der Waals surface area contributed by atoms with Gasteiger partial charge < -0.3 is 25.4 Å². The number of hydrogen-bond acceptors (Lipinski definition) is 8. The number of carbonyl (C=O) groups is 2. The predicted octanol–water partition coefficient (Wildman–Crippen LogP) is 3.36. The number of benzene rings is 3. The van der Waals surface area contributed by atoms with Crippen molar-refractivity contribution in [3.63, 3.8) is 0 Å². The molecular formula is C30H33N7O4. The number of aromatic amines is 1. The van der Waals surface area contributed by atoms with E-state index in [1.807, 2.05) is 84.9 Å². The molecule has 1 aliphatic rings. The fourth-order valence-corrected chi connectivity index (χ4v) is 5.06. The summed E-state index contributed by atoms with van der Waals surface area (Å²) in [6.45, 7) is 1.10. The zero-order valence-electron chi connectivity index (χ0n) is 22.7. The highest BCUT2D eigenvalue weighted by Crippen LogP contribution is 2.30. The number of nitrogens with zero attached hydrogens (tertiary/aromatic N) is 3. The van der Waals surface area contributed by atoms with Crippen molar-refractivity contribution in [2.75, 3.05) is 25.6 Å². The highest BCUT2D eigenvalue weighted by atomic mass is 16.5. The number of alkyl carbamates (subject to hydrolysis) is 1. The molecule has 11 heteroatoms. The van der Waals surface area contributed by atoms with E-state index in [4.69, 9.17) is 9.47 Å². The second-order valence-corrected chi connectivity index (χ2v) is 9.78. The number of tetrazole rings is 1. The van der Waals surface area contributed by atoms with Crippen LogP contribution in [0.2, 0.25) is 0 Å². The monoisotopic (exact) mass is 555 g/mol. The molecule has 2 amide bonds. The minimum atomic E-state index is -0.937. The average Bonchev–Trinajstić information content (AvgIpc) is 3.57. The summed E-state index contributed by atoms with van der Waals surface area (Å²) in [5, 5.41) is 23.4. The second kappa shape index (κ2) is 13.6. The molecule has 3 aromatic carbocycles. The van der Waals surface area contributed by atoms with E-state index >= 15 is 0 Å². The molecule has 2 heterocycles. The summed E-state index contributed by atoms with van der Waals surface area (Å²) in [5.74, 6) is -0.215. The number of anilines is 1. The largest absolute Gasteiger partial charge is 0.453 e. The Morgan fingerprint density at radius 3 is 2.29 bits per heavy atom. The SMILES string of the molecule is COC(=O)N[C@H](C(=O)Nc1ccccc1CC[C@@H]1CN[C@H](c2nn[nH]n2)CO1)C(c1ccccc1)c1ccccc1. The molecule has 0 bridgehead atoms. The van der Waals surface area contributed by atoms with E-state index in [0.717, 1.165) is 23.1 Å². The molecule has 0 saturated carbocycles. The van der Waals surface area contributed by atoms with Crippen molar-refractivity contribution in [2.24, 2.45) is 0 Å². The van der Waals surface area contributed by atoms with E-state index < -0.39 is 18.1 Å². The minimum absolute atomic E-state index is 0.00353. The van der Waals surface area contributed by atoms with Crippen molar-refractivity contribution in [1.82, 2.24) is 31.3 Å². The highest BCUT2D eigenvalue weighted by molar-refractivity contribution is 5.98. The number of nitrogens with one attached hydrogen (secondary N) is 4. The number of amides is 2. The van der Waals surface area contributed by atoms with Crippen LogP contribution >= 0.6 is 0 Å². The van der Waals surface area contributed by atoms with Crippen LogP contribution in [0, 0.1) is 0 Å². The number of H-pyrrole nitrogens is 1. The topological polar surface area (TPSA) is 143 Å². The summed E-state index contributed by atoms with van der Waals surface area (Å²) in [5.41, 5.74) is 3.44. The first-order valence-electron chi connectivity index (χ1n) is 13.5. The maximum absolute atomic E-state index is 13.9. The molecule has 0 spiro atoms. The summed E-state index contributed by atoms with van der Waals surface area (Å²) >= 11 is 0. The van der Waals surface area contributed by atoms with Gasteiger partial charge in [0.15, 0.2) is 5.82 Å². The van der Waals surface area contributed by atoms with Gasteiger partial charge in [0.05, 0.1) is 25.9 Å². The van der Waals surface area contributed by atoms with Crippen molar-refractivity contribution < 1.29 is 19.1 Å². The first-order chi connectivity index (χ1) is 20.1. The maximum atomic E-state index is 13.9. The lowest BCUT2D eigenvalue weighted by molar-refractivity contribution is -0.118. The molecule has 11 nitrogen and oxygen atoms in total. The van der Waals surface area contributed by atoms with Crippen LogP contribution in [-0.4, -0.2) is 65.0 Å². The molecule has 0 radical (unpaired) electrons. The van der Waals surface area contributed by atoms with Gasteiger partial charge in [-0.05, 0) is 35.6 Å². The molecule has 4 aromatic rings. The quantitative estimate of drug-likeness (QED) is 0.233. The van der Waals surface area contributed by atoms with Gasteiger partial charge in [-0.2, -0.15) is 5.21 Å². The van der Waals surface area contributed by atoms with Crippen LogP contribution in [0.15, 0.2) is 84.9 Å². The molecule has 0 aliphatic carbocycles. The maximum Gasteiger partial charge on any atom is 0.407 e. The van der Waals surface area contributed by atoms with Crippen LogP contribution < -0.4 is 16.0 Å². The van der Waals surface area contributed by atoms with Crippen molar-refractivity contribution in [3.05, 3.63) is 107 Å². The zero-order chi connectivity index (χ0) is 28.4. The fraction of sp³-hybridized carbons (Fsp3) is 0.300. The van der Waals surface area contributed by atoms with Gasteiger partial charge in [-0.15, -0.1) is 10.2 Å². The normalized spacial score (nSPS) is 17.5. The lowest BCUT2D eigenvalue weighted by atomic mass is 9.84. The second-order valence-electron chi connectivity index (χ2n) is 9.78. The number of aryl methyl sites for hydroxylation is 1. The Balaban J connectivity index is 1.31. The Bertz CT molecular complexity index is 1360. The van der Waals surface area contributed by atoms with Crippen molar-refractivity contribution in [3.8, 4) is 0 Å². The number of aromatic nitrogens is 4. The lowest BCUT2D eigenvalue weighted by Gasteiger charge is -2.29. The highest BCUT2D eigenvalue weighted by Gasteiger charge is 2.33. The van der Waals surface area contributed by atoms with Crippen molar-refractivity contribution in [2.45, 2.75) is 36.9 Å². The average molecular weight is 556 g/mol. The first-order valence-corrected chi connectivity index (χ1v) is 13.5. The van der Waals surface area contributed by atoms with E-state index in [0.29, 0.717) is 31.1 Å². The number of ether oxygens (including phenoxy) is 2. The van der Waals surface area contributed by atoms with Gasteiger partial charge in [-0.25, -0.2) is 4.79 Å². The summed E-state index contributed by atoms with van der Waals surface area (Å²) in [4.78, 5) is 26.4. The molecule has 41 heavy (non-hydrogen) atoms. The molecular weight excluding hydrogens is 522 g/mol. The fourth-order valence-electron chi connectivity index (χ4n) is 5.06. The molecule has 212 valence electrons. The first kappa shape index (κ1) is 27.9. The number of methoxy groups -OCH3 is 1. The van der Waals surface area contributed by atoms with Crippen LogP contribution in [0.1, 0.15) is 40.9 Å². The van der Waals surface area contributed by atoms with Gasteiger partial charge in [0.25, 0.3) is 0 Å². The summed E-state index contributed by atoms with van der Waals surface area (Å²) in [7, 11) is 1.28. The minimum Gasteiger partial charge on any atom is -0.453 e.